The number of benzene rings is 2. The molecular weight excluding hydrogens is 326 g/mol. The number of hydrogen-bond donors (Lipinski definition) is 2. The molecular formula is C18H17NO2S2. The molecule has 3 rings (SSSR count). The van der Waals surface area contributed by atoms with Crippen molar-refractivity contribution in [2.45, 2.75) is 11.0 Å². The van der Waals surface area contributed by atoms with Crippen molar-refractivity contribution in [3.05, 3.63) is 64.4 Å². The summed E-state index contributed by atoms with van der Waals surface area (Å²) in [7, 11) is 0. The lowest BCUT2D eigenvalue weighted by Crippen LogP contribution is -2.28. The molecule has 1 amide bonds. The third-order valence-electron chi connectivity index (χ3n) is 3.67. The van der Waals surface area contributed by atoms with Crippen LogP contribution in [0, 0.1) is 0 Å². The monoisotopic (exact) mass is 343 g/mol. The molecule has 0 saturated carbocycles. The number of carbonyl (C=O) groups excluding carboxylic acids is 1. The zero-order valence-electron chi connectivity index (χ0n) is 12.7. The minimum absolute atomic E-state index is 0.135. The zero-order chi connectivity index (χ0) is 16.2. The number of thioether (sulfide) groups is 1. The summed E-state index contributed by atoms with van der Waals surface area (Å²) in [5, 5.41) is 17.3. The molecule has 1 heterocycles. The third-order valence-corrected chi connectivity index (χ3v) is 5.49. The number of thiophene rings is 1. The summed E-state index contributed by atoms with van der Waals surface area (Å²) in [6.45, 7) is 0.197. The largest absolute Gasteiger partial charge is 0.387 e. The van der Waals surface area contributed by atoms with E-state index >= 15 is 0 Å². The fourth-order valence-corrected chi connectivity index (χ4v) is 4.09. The predicted molar refractivity (Wildman–Crippen MR) is 97.3 cm³/mol. The topological polar surface area (TPSA) is 49.3 Å². The highest BCUT2D eigenvalue weighted by Crippen LogP contribution is 2.25. The van der Waals surface area contributed by atoms with Crippen molar-refractivity contribution in [2.24, 2.45) is 0 Å². The smallest absolute Gasteiger partial charge is 0.262 e. The molecule has 0 fully saturated rings. The Morgan fingerprint density at radius 2 is 2.00 bits per heavy atom. The molecule has 0 unspecified atom stereocenters. The van der Waals surface area contributed by atoms with Gasteiger partial charge >= 0.3 is 0 Å². The molecule has 0 aliphatic rings. The molecule has 3 aromatic rings. The van der Waals surface area contributed by atoms with E-state index in [2.05, 4.69) is 5.32 Å². The SMILES string of the molecule is CSc1ccsc1C(=O)NC[C@@H](O)c1ccc2ccccc2c1. The van der Waals surface area contributed by atoms with Gasteiger partial charge in [0.25, 0.3) is 5.91 Å². The Morgan fingerprint density at radius 3 is 2.78 bits per heavy atom. The van der Waals surface area contributed by atoms with Crippen molar-refractivity contribution in [3.8, 4) is 0 Å². The van der Waals surface area contributed by atoms with Gasteiger partial charge in [-0.3, -0.25) is 4.79 Å². The van der Waals surface area contributed by atoms with E-state index in [-0.39, 0.29) is 12.5 Å². The number of aliphatic hydroxyl groups is 1. The van der Waals surface area contributed by atoms with Gasteiger partial charge in [0, 0.05) is 11.4 Å². The molecule has 1 aromatic heterocycles. The predicted octanol–water partition coefficient (Wildman–Crippen LogP) is 4.09. The Labute approximate surface area is 143 Å². The molecule has 0 saturated heterocycles. The average molecular weight is 343 g/mol. The molecule has 3 nitrogen and oxygen atoms in total. The van der Waals surface area contributed by atoms with Gasteiger partial charge in [-0.25, -0.2) is 0 Å². The van der Waals surface area contributed by atoms with E-state index < -0.39 is 6.10 Å². The van der Waals surface area contributed by atoms with Crippen molar-refractivity contribution in [3.63, 3.8) is 0 Å². The van der Waals surface area contributed by atoms with E-state index in [0.29, 0.717) is 4.88 Å². The Bertz CT molecular complexity index is 829. The number of aliphatic hydroxyl groups excluding tert-OH is 1. The maximum Gasteiger partial charge on any atom is 0.262 e. The molecule has 1 atom stereocenters. The van der Waals surface area contributed by atoms with Gasteiger partial charge in [-0.15, -0.1) is 23.1 Å². The number of carbonyl (C=O) groups is 1. The van der Waals surface area contributed by atoms with Crippen LogP contribution in [-0.2, 0) is 0 Å². The Hall–Kier alpha value is -1.82. The quantitative estimate of drug-likeness (QED) is 0.686. The van der Waals surface area contributed by atoms with Crippen molar-refractivity contribution >= 4 is 39.8 Å². The second-order valence-electron chi connectivity index (χ2n) is 5.15. The molecule has 2 aromatic carbocycles. The third kappa shape index (κ3) is 3.58. The Morgan fingerprint density at radius 1 is 1.22 bits per heavy atom. The highest BCUT2D eigenvalue weighted by atomic mass is 32.2. The van der Waals surface area contributed by atoms with Gasteiger partial charge < -0.3 is 10.4 Å². The van der Waals surface area contributed by atoms with Gasteiger partial charge in [-0.05, 0) is 40.1 Å². The summed E-state index contributed by atoms with van der Waals surface area (Å²) in [5.41, 5.74) is 0.806. The standard InChI is InChI=1S/C18H17NO2S2/c1-22-16-8-9-23-17(16)18(21)19-11-15(20)14-7-6-12-4-2-3-5-13(12)10-14/h2-10,15,20H,11H2,1H3,(H,19,21)/t15-/m1/s1. The molecule has 0 bridgehead atoms. The summed E-state index contributed by atoms with van der Waals surface area (Å²) in [6, 6.07) is 15.8. The number of amides is 1. The fraction of sp³-hybridized carbons (Fsp3) is 0.167. The summed E-state index contributed by atoms with van der Waals surface area (Å²) in [6.07, 6.45) is 1.23. The van der Waals surface area contributed by atoms with Crippen LogP contribution in [0.1, 0.15) is 21.3 Å². The molecule has 118 valence electrons. The molecule has 2 N–H and O–H groups in total. The minimum Gasteiger partial charge on any atom is -0.387 e. The summed E-state index contributed by atoms with van der Waals surface area (Å²) in [5.74, 6) is -0.135. The first-order chi connectivity index (χ1) is 11.2. The van der Waals surface area contributed by atoms with Crippen molar-refractivity contribution < 1.29 is 9.90 Å². The van der Waals surface area contributed by atoms with E-state index in [1.807, 2.05) is 60.2 Å². The van der Waals surface area contributed by atoms with Crippen LogP contribution in [0.4, 0.5) is 0 Å². The van der Waals surface area contributed by atoms with E-state index in [1.54, 1.807) is 11.8 Å². The van der Waals surface area contributed by atoms with Crippen molar-refractivity contribution in [1.82, 2.24) is 5.32 Å². The zero-order valence-corrected chi connectivity index (χ0v) is 14.3. The maximum atomic E-state index is 12.2. The van der Waals surface area contributed by atoms with Gasteiger partial charge in [0.05, 0.1) is 6.10 Å². The Kier molecular flexibility index (Phi) is 5.00. The van der Waals surface area contributed by atoms with Crippen LogP contribution in [0.25, 0.3) is 10.8 Å². The highest BCUT2D eigenvalue weighted by molar-refractivity contribution is 7.98. The summed E-state index contributed by atoms with van der Waals surface area (Å²) < 4.78 is 0. The van der Waals surface area contributed by atoms with Crippen LogP contribution < -0.4 is 5.32 Å². The first-order valence-corrected chi connectivity index (χ1v) is 9.36. The van der Waals surface area contributed by atoms with Crippen LogP contribution in [0.3, 0.4) is 0 Å². The van der Waals surface area contributed by atoms with Gasteiger partial charge in [-0.1, -0.05) is 36.4 Å². The second-order valence-corrected chi connectivity index (χ2v) is 6.91. The molecule has 5 heteroatoms. The van der Waals surface area contributed by atoms with E-state index in [9.17, 15) is 9.90 Å². The van der Waals surface area contributed by atoms with Crippen molar-refractivity contribution in [2.75, 3.05) is 12.8 Å². The first kappa shape index (κ1) is 16.1. The lowest BCUT2D eigenvalue weighted by molar-refractivity contribution is 0.0918. The van der Waals surface area contributed by atoms with Gasteiger partial charge in [0.15, 0.2) is 0 Å². The van der Waals surface area contributed by atoms with E-state index in [4.69, 9.17) is 0 Å². The fourth-order valence-electron chi connectivity index (χ4n) is 2.43. The van der Waals surface area contributed by atoms with Gasteiger partial charge in [0.2, 0.25) is 0 Å². The van der Waals surface area contributed by atoms with Gasteiger partial charge in [-0.2, -0.15) is 0 Å². The van der Waals surface area contributed by atoms with Crippen LogP contribution in [0.5, 0.6) is 0 Å². The first-order valence-electron chi connectivity index (χ1n) is 7.25. The lowest BCUT2D eigenvalue weighted by atomic mass is 10.0. The second kappa shape index (κ2) is 7.17. The van der Waals surface area contributed by atoms with Crippen LogP contribution in [-0.4, -0.2) is 23.8 Å². The number of hydrogen-bond acceptors (Lipinski definition) is 4. The van der Waals surface area contributed by atoms with Crippen LogP contribution in [0.2, 0.25) is 0 Å². The molecule has 23 heavy (non-hydrogen) atoms. The van der Waals surface area contributed by atoms with E-state index in [1.165, 1.54) is 11.3 Å². The van der Waals surface area contributed by atoms with Crippen LogP contribution in [0.15, 0.2) is 58.8 Å². The van der Waals surface area contributed by atoms with Crippen molar-refractivity contribution in [1.29, 1.82) is 0 Å². The average Bonchev–Trinajstić information content (AvgIpc) is 3.07. The minimum atomic E-state index is -0.721. The van der Waals surface area contributed by atoms with Gasteiger partial charge in [0.1, 0.15) is 4.88 Å². The number of rotatable bonds is 5. The molecule has 0 radical (unpaired) electrons. The lowest BCUT2D eigenvalue weighted by Gasteiger charge is -2.13. The normalized spacial score (nSPS) is 12.3. The highest BCUT2D eigenvalue weighted by Gasteiger charge is 2.15. The summed E-state index contributed by atoms with van der Waals surface area (Å²) >= 11 is 2.97. The summed E-state index contributed by atoms with van der Waals surface area (Å²) in [4.78, 5) is 13.9. The number of nitrogens with one attached hydrogen (secondary N) is 1. The number of fused-ring (bicyclic) bond motifs is 1. The Balaban J connectivity index is 1.68. The molecule has 0 spiro atoms. The van der Waals surface area contributed by atoms with Crippen LogP contribution >= 0.6 is 23.1 Å². The molecule has 0 aliphatic carbocycles. The van der Waals surface area contributed by atoms with E-state index in [0.717, 1.165) is 21.2 Å². The maximum absolute atomic E-state index is 12.2. The molecule has 0 aliphatic heterocycles.